The van der Waals surface area contributed by atoms with E-state index in [2.05, 4.69) is 0 Å². The molecule has 6 nitrogen and oxygen atoms in total. The number of hydrogen-bond donors (Lipinski definition) is 1. The summed E-state index contributed by atoms with van der Waals surface area (Å²) in [7, 11) is 0. The average molecular weight is 369 g/mol. The molecule has 2 aromatic rings. The fourth-order valence-electron chi connectivity index (χ4n) is 4.96. The predicted octanol–water partition coefficient (Wildman–Crippen LogP) is 3.52. The summed E-state index contributed by atoms with van der Waals surface area (Å²) >= 11 is 0. The molecular formula is C21H23NO5. The number of fused-ring (bicyclic) bond motifs is 2. The molecular weight excluding hydrogens is 346 g/mol. The smallest absolute Gasteiger partial charge is 0.290 e. The van der Waals surface area contributed by atoms with Gasteiger partial charge in [-0.15, -0.1) is 0 Å². The molecule has 1 aromatic carbocycles. The second kappa shape index (κ2) is 6.30. The van der Waals surface area contributed by atoms with Gasteiger partial charge in [0.2, 0.25) is 6.79 Å². The van der Waals surface area contributed by atoms with Crippen LogP contribution in [0.15, 0.2) is 41.0 Å². The molecule has 1 amide bonds. The number of furan rings is 1. The number of hydrogen-bond acceptors (Lipinski definition) is 5. The van der Waals surface area contributed by atoms with Gasteiger partial charge in [0.1, 0.15) is 0 Å². The Hall–Kier alpha value is -2.47. The highest BCUT2D eigenvalue weighted by molar-refractivity contribution is 5.92. The van der Waals surface area contributed by atoms with Crippen LogP contribution in [0.5, 0.6) is 11.5 Å². The lowest BCUT2D eigenvalue weighted by molar-refractivity contribution is -0.115. The third-order valence-electron chi connectivity index (χ3n) is 6.30. The van der Waals surface area contributed by atoms with Gasteiger partial charge >= 0.3 is 0 Å². The standard InChI is InChI=1S/C21H23NO5/c23-20(17-5-3-11-25-17)22-10-9-21(24)8-2-1-4-15(21)19(22)14-6-7-16-18(12-14)27-13-26-16/h3,5-7,11-12,15,19,24H,1-2,4,8-10,13H2/t15-,19+,21+/m1/s1. The van der Waals surface area contributed by atoms with Crippen LogP contribution in [0.25, 0.3) is 0 Å². The number of rotatable bonds is 2. The van der Waals surface area contributed by atoms with Gasteiger partial charge < -0.3 is 23.9 Å². The third kappa shape index (κ3) is 2.70. The van der Waals surface area contributed by atoms with Crippen LogP contribution in [-0.4, -0.2) is 34.9 Å². The zero-order valence-corrected chi connectivity index (χ0v) is 15.1. The van der Waals surface area contributed by atoms with Gasteiger partial charge in [-0.3, -0.25) is 4.79 Å². The summed E-state index contributed by atoms with van der Waals surface area (Å²) in [6.45, 7) is 0.720. The Morgan fingerprint density at radius 2 is 2.04 bits per heavy atom. The van der Waals surface area contributed by atoms with Crippen LogP contribution in [0.4, 0.5) is 0 Å². The summed E-state index contributed by atoms with van der Waals surface area (Å²) in [5.74, 6) is 1.62. The molecule has 2 aliphatic heterocycles. The maximum atomic E-state index is 13.2. The van der Waals surface area contributed by atoms with Crippen molar-refractivity contribution in [3.05, 3.63) is 47.9 Å². The third-order valence-corrected chi connectivity index (χ3v) is 6.30. The molecule has 0 bridgehead atoms. The molecule has 1 saturated carbocycles. The van der Waals surface area contributed by atoms with Gasteiger partial charge in [0.15, 0.2) is 17.3 Å². The number of carbonyl (C=O) groups is 1. The van der Waals surface area contributed by atoms with Crippen molar-refractivity contribution in [2.75, 3.05) is 13.3 Å². The molecule has 2 fully saturated rings. The Labute approximate surface area is 157 Å². The number of nitrogens with zero attached hydrogens (tertiary/aromatic N) is 1. The second-order valence-electron chi connectivity index (χ2n) is 7.74. The fourth-order valence-corrected chi connectivity index (χ4v) is 4.96. The molecule has 0 radical (unpaired) electrons. The van der Waals surface area contributed by atoms with Crippen molar-refractivity contribution >= 4 is 5.91 Å². The van der Waals surface area contributed by atoms with E-state index in [0.29, 0.717) is 24.5 Å². The largest absolute Gasteiger partial charge is 0.459 e. The lowest BCUT2D eigenvalue weighted by Crippen LogP contribution is -2.56. The van der Waals surface area contributed by atoms with Gasteiger partial charge in [0.25, 0.3) is 5.91 Å². The summed E-state index contributed by atoms with van der Waals surface area (Å²) in [5.41, 5.74) is 0.253. The highest BCUT2D eigenvalue weighted by atomic mass is 16.7. The molecule has 1 N–H and O–H groups in total. The van der Waals surface area contributed by atoms with Crippen molar-refractivity contribution in [3.8, 4) is 11.5 Å². The molecule has 1 aliphatic carbocycles. The van der Waals surface area contributed by atoms with E-state index < -0.39 is 5.60 Å². The predicted molar refractivity (Wildman–Crippen MR) is 96.6 cm³/mol. The molecule has 5 rings (SSSR count). The minimum absolute atomic E-state index is 0.000663. The summed E-state index contributed by atoms with van der Waals surface area (Å²) in [6, 6.07) is 9.04. The first-order valence-electron chi connectivity index (χ1n) is 9.62. The van der Waals surface area contributed by atoms with Crippen molar-refractivity contribution in [1.82, 2.24) is 4.90 Å². The Morgan fingerprint density at radius 1 is 1.15 bits per heavy atom. The van der Waals surface area contributed by atoms with Crippen molar-refractivity contribution in [2.24, 2.45) is 5.92 Å². The number of likely N-dealkylation sites (tertiary alicyclic amines) is 1. The zero-order chi connectivity index (χ0) is 18.4. The Balaban J connectivity index is 1.57. The van der Waals surface area contributed by atoms with E-state index in [0.717, 1.165) is 37.0 Å². The van der Waals surface area contributed by atoms with E-state index in [-0.39, 0.29) is 24.7 Å². The van der Waals surface area contributed by atoms with E-state index in [1.807, 2.05) is 23.1 Å². The minimum Gasteiger partial charge on any atom is -0.459 e. The van der Waals surface area contributed by atoms with Crippen LogP contribution in [0, 0.1) is 5.92 Å². The fraction of sp³-hybridized carbons (Fsp3) is 0.476. The number of ether oxygens (including phenoxy) is 2. The Bertz CT molecular complexity index is 848. The molecule has 0 unspecified atom stereocenters. The normalized spacial score (nSPS) is 29.4. The number of carbonyl (C=O) groups excluding carboxylic acids is 1. The highest BCUT2D eigenvalue weighted by Gasteiger charge is 2.50. The number of aliphatic hydroxyl groups is 1. The second-order valence-corrected chi connectivity index (χ2v) is 7.74. The molecule has 3 atom stereocenters. The van der Waals surface area contributed by atoms with Gasteiger partial charge in [-0.1, -0.05) is 18.9 Å². The first-order chi connectivity index (χ1) is 13.2. The lowest BCUT2D eigenvalue weighted by Gasteiger charge is -2.52. The summed E-state index contributed by atoms with van der Waals surface area (Å²) in [5, 5.41) is 11.3. The van der Waals surface area contributed by atoms with E-state index in [9.17, 15) is 9.90 Å². The first kappa shape index (κ1) is 16.7. The van der Waals surface area contributed by atoms with E-state index >= 15 is 0 Å². The van der Waals surface area contributed by atoms with Crippen molar-refractivity contribution < 1.29 is 23.8 Å². The minimum atomic E-state index is -0.723. The molecule has 0 spiro atoms. The summed E-state index contributed by atoms with van der Waals surface area (Å²) in [6.07, 6.45) is 5.91. The maximum Gasteiger partial charge on any atom is 0.290 e. The molecule has 142 valence electrons. The molecule has 27 heavy (non-hydrogen) atoms. The number of benzene rings is 1. The van der Waals surface area contributed by atoms with Crippen LogP contribution in [0.3, 0.4) is 0 Å². The van der Waals surface area contributed by atoms with Crippen LogP contribution in [0.1, 0.15) is 54.3 Å². The van der Waals surface area contributed by atoms with Gasteiger partial charge in [-0.05, 0) is 49.1 Å². The number of piperidine rings is 1. The Morgan fingerprint density at radius 3 is 2.89 bits per heavy atom. The van der Waals surface area contributed by atoms with Crippen molar-refractivity contribution in [1.29, 1.82) is 0 Å². The molecule has 3 aliphatic rings. The SMILES string of the molecule is O=C(c1ccco1)N1CC[C@@]2(O)CCCC[C@@H]2[C@@H]1c1ccc2c(c1)OCO2. The van der Waals surface area contributed by atoms with Crippen LogP contribution < -0.4 is 9.47 Å². The molecule has 3 heterocycles. The zero-order valence-electron chi connectivity index (χ0n) is 15.1. The lowest BCUT2D eigenvalue weighted by atomic mass is 9.66. The Kier molecular flexibility index (Phi) is 3.90. The maximum absolute atomic E-state index is 13.2. The van der Waals surface area contributed by atoms with Gasteiger partial charge in [-0.2, -0.15) is 0 Å². The van der Waals surface area contributed by atoms with Crippen LogP contribution in [0.2, 0.25) is 0 Å². The molecule has 6 heteroatoms. The highest BCUT2D eigenvalue weighted by Crippen LogP contribution is 2.50. The topological polar surface area (TPSA) is 72.1 Å². The first-order valence-corrected chi connectivity index (χ1v) is 9.62. The van der Waals surface area contributed by atoms with Crippen LogP contribution >= 0.6 is 0 Å². The summed E-state index contributed by atoms with van der Waals surface area (Å²) < 4.78 is 16.4. The van der Waals surface area contributed by atoms with Crippen molar-refractivity contribution in [3.63, 3.8) is 0 Å². The van der Waals surface area contributed by atoms with Gasteiger partial charge in [0, 0.05) is 12.5 Å². The van der Waals surface area contributed by atoms with Crippen LogP contribution in [-0.2, 0) is 0 Å². The average Bonchev–Trinajstić information content (AvgIpc) is 3.37. The van der Waals surface area contributed by atoms with E-state index in [4.69, 9.17) is 13.9 Å². The number of amides is 1. The quantitative estimate of drug-likeness (QED) is 0.877. The monoisotopic (exact) mass is 369 g/mol. The van der Waals surface area contributed by atoms with Crippen molar-refractivity contribution in [2.45, 2.75) is 43.7 Å². The van der Waals surface area contributed by atoms with E-state index in [1.165, 1.54) is 6.26 Å². The molecule has 1 aromatic heterocycles. The van der Waals surface area contributed by atoms with Gasteiger partial charge in [0.05, 0.1) is 17.9 Å². The molecule has 1 saturated heterocycles. The van der Waals surface area contributed by atoms with Gasteiger partial charge in [-0.25, -0.2) is 0 Å². The summed E-state index contributed by atoms with van der Waals surface area (Å²) in [4.78, 5) is 15.0. The van der Waals surface area contributed by atoms with E-state index in [1.54, 1.807) is 12.1 Å².